The molecule has 3 rings (SSSR count). The molecule has 0 aliphatic carbocycles. The SMILES string of the molecule is COc1cc(/C=C(/C#N)c2cccc(Cl)c2)cc(Br)c1OCc1ccc(Br)cc1. The molecule has 0 spiro atoms. The summed E-state index contributed by atoms with van der Waals surface area (Å²) in [5.74, 6) is 1.18. The van der Waals surface area contributed by atoms with E-state index in [2.05, 4.69) is 37.9 Å². The second-order valence-corrected chi connectivity index (χ2v) is 8.34. The van der Waals surface area contributed by atoms with Crippen LogP contribution in [0.15, 0.2) is 69.6 Å². The highest BCUT2D eigenvalue weighted by molar-refractivity contribution is 9.10. The lowest BCUT2D eigenvalue weighted by Crippen LogP contribution is -1.99. The Balaban J connectivity index is 1.89. The first kappa shape index (κ1) is 21.4. The van der Waals surface area contributed by atoms with Crippen molar-refractivity contribution >= 4 is 55.1 Å². The highest BCUT2D eigenvalue weighted by Crippen LogP contribution is 2.38. The van der Waals surface area contributed by atoms with Gasteiger partial charge in [-0.05, 0) is 75.1 Å². The summed E-state index contributed by atoms with van der Waals surface area (Å²) in [5, 5.41) is 10.2. The van der Waals surface area contributed by atoms with Gasteiger partial charge in [-0.25, -0.2) is 0 Å². The third-order valence-corrected chi connectivity index (χ3v) is 5.47. The first-order chi connectivity index (χ1) is 14.0. The molecule has 6 heteroatoms. The molecule has 0 amide bonds. The van der Waals surface area contributed by atoms with Gasteiger partial charge in [0.15, 0.2) is 11.5 Å². The van der Waals surface area contributed by atoms with Crippen LogP contribution in [0.25, 0.3) is 11.6 Å². The van der Waals surface area contributed by atoms with E-state index in [0.717, 1.165) is 25.6 Å². The van der Waals surface area contributed by atoms with Gasteiger partial charge in [-0.1, -0.05) is 51.8 Å². The largest absolute Gasteiger partial charge is 0.493 e. The highest BCUT2D eigenvalue weighted by Gasteiger charge is 2.12. The minimum Gasteiger partial charge on any atom is -0.493 e. The van der Waals surface area contributed by atoms with Crippen molar-refractivity contribution in [1.29, 1.82) is 5.26 Å². The lowest BCUT2D eigenvalue weighted by molar-refractivity contribution is 0.282. The molecule has 0 unspecified atom stereocenters. The Labute approximate surface area is 191 Å². The standard InChI is InChI=1S/C23H16Br2ClNO2/c1-28-22-11-16(9-18(13-27)17-3-2-4-20(26)12-17)10-21(25)23(22)29-14-15-5-7-19(24)8-6-15/h2-12H,14H2,1H3/b18-9-. The van der Waals surface area contributed by atoms with E-state index in [1.165, 1.54) is 0 Å². The van der Waals surface area contributed by atoms with Crippen molar-refractivity contribution in [2.75, 3.05) is 7.11 Å². The molecular weight excluding hydrogens is 518 g/mol. The van der Waals surface area contributed by atoms with Crippen LogP contribution in [0.1, 0.15) is 16.7 Å². The Hall–Kier alpha value is -2.26. The van der Waals surface area contributed by atoms with Gasteiger partial charge >= 0.3 is 0 Å². The summed E-state index contributed by atoms with van der Waals surface area (Å²) < 4.78 is 13.3. The van der Waals surface area contributed by atoms with E-state index < -0.39 is 0 Å². The summed E-state index contributed by atoms with van der Waals surface area (Å²) in [5.41, 5.74) is 3.11. The molecule has 0 aliphatic heterocycles. The summed E-state index contributed by atoms with van der Waals surface area (Å²) in [6.07, 6.45) is 1.79. The van der Waals surface area contributed by atoms with E-state index in [-0.39, 0.29) is 0 Å². The van der Waals surface area contributed by atoms with Gasteiger partial charge in [-0.2, -0.15) is 5.26 Å². The predicted molar refractivity (Wildman–Crippen MR) is 124 cm³/mol. The van der Waals surface area contributed by atoms with E-state index in [0.29, 0.717) is 28.7 Å². The maximum absolute atomic E-state index is 9.58. The maximum atomic E-state index is 9.58. The van der Waals surface area contributed by atoms with Gasteiger partial charge in [0.2, 0.25) is 0 Å². The fourth-order valence-corrected chi connectivity index (χ4v) is 3.73. The normalized spacial score (nSPS) is 11.1. The van der Waals surface area contributed by atoms with Gasteiger partial charge in [0, 0.05) is 9.50 Å². The Bertz CT molecular complexity index is 1090. The third kappa shape index (κ3) is 5.63. The molecule has 0 aliphatic rings. The van der Waals surface area contributed by atoms with E-state index in [9.17, 15) is 5.26 Å². The van der Waals surface area contributed by atoms with Crippen LogP contribution >= 0.6 is 43.5 Å². The zero-order valence-electron chi connectivity index (χ0n) is 15.5. The van der Waals surface area contributed by atoms with Crippen molar-refractivity contribution in [3.63, 3.8) is 0 Å². The number of halogens is 3. The first-order valence-corrected chi connectivity index (χ1v) is 10.6. The predicted octanol–water partition coefficient (Wildman–Crippen LogP) is 7.52. The van der Waals surface area contributed by atoms with Crippen molar-refractivity contribution in [3.05, 3.63) is 91.3 Å². The lowest BCUT2D eigenvalue weighted by atomic mass is 10.0. The number of benzene rings is 3. The molecule has 0 saturated heterocycles. The number of allylic oxidation sites excluding steroid dienone is 1. The van der Waals surface area contributed by atoms with E-state index in [1.807, 2.05) is 48.5 Å². The van der Waals surface area contributed by atoms with E-state index in [4.69, 9.17) is 21.1 Å². The molecule has 0 saturated carbocycles. The fraction of sp³-hybridized carbons (Fsp3) is 0.0870. The van der Waals surface area contributed by atoms with Crippen molar-refractivity contribution in [3.8, 4) is 17.6 Å². The number of hydrogen-bond donors (Lipinski definition) is 0. The quantitative estimate of drug-likeness (QED) is 0.243. The average molecular weight is 534 g/mol. The Morgan fingerprint density at radius 1 is 1.10 bits per heavy atom. The highest BCUT2D eigenvalue weighted by atomic mass is 79.9. The van der Waals surface area contributed by atoms with Crippen LogP contribution < -0.4 is 9.47 Å². The van der Waals surface area contributed by atoms with Gasteiger partial charge < -0.3 is 9.47 Å². The number of nitriles is 1. The molecule has 29 heavy (non-hydrogen) atoms. The molecule has 0 N–H and O–H groups in total. The molecule has 0 heterocycles. The molecule has 0 aromatic heterocycles. The molecule has 146 valence electrons. The van der Waals surface area contributed by atoms with Crippen LogP contribution in [0.3, 0.4) is 0 Å². The summed E-state index contributed by atoms with van der Waals surface area (Å²) >= 11 is 13.0. The van der Waals surface area contributed by atoms with Crippen LogP contribution in [-0.4, -0.2) is 7.11 Å². The summed E-state index contributed by atoms with van der Waals surface area (Å²) in [6, 6.07) is 21.1. The van der Waals surface area contributed by atoms with E-state index in [1.54, 1.807) is 25.3 Å². The number of nitrogens with zero attached hydrogens (tertiary/aromatic N) is 1. The Morgan fingerprint density at radius 3 is 2.52 bits per heavy atom. The second kappa shape index (κ2) is 9.98. The molecule has 0 atom stereocenters. The van der Waals surface area contributed by atoms with Crippen LogP contribution in [0, 0.1) is 11.3 Å². The first-order valence-electron chi connectivity index (χ1n) is 8.62. The van der Waals surface area contributed by atoms with Crippen LogP contribution in [0.2, 0.25) is 5.02 Å². The van der Waals surface area contributed by atoms with Gasteiger partial charge in [0.25, 0.3) is 0 Å². The average Bonchev–Trinajstić information content (AvgIpc) is 2.72. The zero-order chi connectivity index (χ0) is 20.8. The molecule has 0 radical (unpaired) electrons. The fourth-order valence-electron chi connectivity index (χ4n) is 2.70. The number of hydrogen-bond acceptors (Lipinski definition) is 3. The molecule has 3 aromatic rings. The number of methoxy groups -OCH3 is 1. The van der Waals surface area contributed by atoms with Crippen LogP contribution in [-0.2, 0) is 6.61 Å². The summed E-state index contributed by atoms with van der Waals surface area (Å²) in [6.45, 7) is 0.406. The van der Waals surface area contributed by atoms with Gasteiger partial charge in [0.05, 0.1) is 23.2 Å². The van der Waals surface area contributed by atoms with Crippen molar-refractivity contribution in [1.82, 2.24) is 0 Å². The monoisotopic (exact) mass is 531 g/mol. The smallest absolute Gasteiger partial charge is 0.175 e. The van der Waals surface area contributed by atoms with Crippen molar-refractivity contribution in [2.45, 2.75) is 6.61 Å². The van der Waals surface area contributed by atoms with Crippen LogP contribution in [0.4, 0.5) is 0 Å². The minimum atomic E-state index is 0.406. The maximum Gasteiger partial charge on any atom is 0.175 e. The summed E-state index contributed by atoms with van der Waals surface area (Å²) in [4.78, 5) is 0. The summed E-state index contributed by atoms with van der Waals surface area (Å²) in [7, 11) is 1.59. The van der Waals surface area contributed by atoms with Gasteiger partial charge in [0.1, 0.15) is 6.61 Å². The third-order valence-electron chi connectivity index (χ3n) is 4.12. The second-order valence-electron chi connectivity index (χ2n) is 6.13. The van der Waals surface area contributed by atoms with Crippen LogP contribution in [0.5, 0.6) is 11.5 Å². The number of rotatable bonds is 6. The number of ether oxygens (including phenoxy) is 2. The Kier molecular flexibility index (Phi) is 7.38. The van der Waals surface area contributed by atoms with Crippen molar-refractivity contribution in [2.24, 2.45) is 0 Å². The molecular formula is C23H16Br2ClNO2. The van der Waals surface area contributed by atoms with Crippen molar-refractivity contribution < 1.29 is 9.47 Å². The van der Waals surface area contributed by atoms with Gasteiger partial charge in [-0.15, -0.1) is 0 Å². The lowest BCUT2D eigenvalue weighted by Gasteiger charge is -2.14. The minimum absolute atomic E-state index is 0.406. The molecule has 0 fully saturated rings. The molecule has 3 aromatic carbocycles. The zero-order valence-corrected chi connectivity index (χ0v) is 19.4. The molecule has 0 bridgehead atoms. The van der Waals surface area contributed by atoms with E-state index >= 15 is 0 Å². The molecule has 3 nitrogen and oxygen atoms in total. The topological polar surface area (TPSA) is 42.2 Å². The van der Waals surface area contributed by atoms with Gasteiger partial charge in [-0.3, -0.25) is 0 Å². The Morgan fingerprint density at radius 2 is 1.86 bits per heavy atom.